The Morgan fingerprint density at radius 1 is 1.14 bits per heavy atom. The molecule has 0 saturated carbocycles. The van der Waals surface area contributed by atoms with Gasteiger partial charge in [0.15, 0.2) is 0 Å². The fourth-order valence-electron chi connectivity index (χ4n) is 4.98. The van der Waals surface area contributed by atoms with E-state index in [4.69, 9.17) is 9.72 Å². The van der Waals surface area contributed by atoms with Gasteiger partial charge in [0.25, 0.3) is 5.91 Å². The average molecular weight is 513 g/mol. The van der Waals surface area contributed by atoms with Gasteiger partial charge in [0.2, 0.25) is 0 Å². The van der Waals surface area contributed by atoms with Gasteiger partial charge in [-0.2, -0.15) is 0 Å². The van der Waals surface area contributed by atoms with Gasteiger partial charge in [-0.05, 0) is 61.3 Å². The van der Waals surface area contributed by atoms with E-state index in [0.29, 0.717) is 34.6 Å². The van der Waals surface area contributed by atoms with E-state index >= 15 is 0 Å². The normalized spacial score (nSPS) is 15.0. The van der Waals surface area contributed by atoms with Crippen molar-refractivity contribution in [1.29, 1.82) is 0 Å². The molecule has 0 bridgehead atoms. The Hall–Kier alpha value is -3.51. The standard InChI is InChI=1S/C31H32N2O3S/c1-5-36-31(35)28-23-15-10-19(4)16-27(23)37-30(28)33-29(34)24-17-26(32-25-9-7-6-8-22(24)25)21-13-11-20(12-14-21)18(2)3/h6-9,11-14,17-19H,5,10,15-16H2,1-4H3,(H,33,34)/t19-/m0/s1. The Morgan fingerprint density at radius 3 is 2.62 bits per heavy atom. The second-order valence-electron chi connectivity index (χ2n) is 10.1. The van der Waals surface area contributed by atoms with Crippen LogP contribution in [0.4, 0.5) is 5.00 Å². The number of hydrogen-bond acceptors (Lipinski definition) is 5. The van der Waals surface area contributed by atoms with Gasteiger partial charge in [0.1, 0.15) is 5.00 Å². The van der Waals surface area contributed by atoms with Crippen LogP contribution in [-0.2, 0) is 17.6 Å². The zero-order valence-electron chi connectivity index (χ0n) is 21.8. The molecule has 5 nitrogen and oxygen atoms in total. The van der Waals surface area contributed by atoms with E-state index in [9.17, 15) is 9.59 Å². The van der Waals surface area contributed by atoms with E-state index in [1.54, 1.807) is 6.92 Å². The third kappa shape index (κ3) is 5.03. The topological polar surface area (TPSA) is 68.3 Å². The van der Waals surface area contributed by atoms with Gasteiger partial charge in [0.05, 0.1) is 28.9 Å². The second kappa shape index (κ2) is 10.5. The maximum Gasteiger partial charge on any atom is 0.341 e. The molecule has 4 aromatic rings. The summed E-state index contributed by atoms with van der Waals surface area (Å²) in [6.45, 7) is 8.65. The number of carbonyl (C=O) groups excluding carboxylic acids is 2. The number of thiophene rings is 1. The molecule has 5 rings (SSSR count). The monoisotopic (exact) mass is 512 g/mol. The van der Waals surface area contributed by atoms with E-state index in [1.807, 2.05) is 30.3 Å². The summed E-state index contributed by atoms with van der Waals surface area (Å²) in [5, 5.41) is 4.43. The van der Waals surface area contributed by atoms with Crippen LogP contribution in [-0.4, -0.2) is 23.5 Å². The zero-order chi connectivity index (χ0) is 26.1. The van der Waals surface area contributed by atoms with E-state index in [0.717, 1.165) is 47.0 Å². The lowest BCUT2D eigenvalue weighted by Crippen LogP contribution is -2.17. The first-order chi connectivity index (χ1) is 17.9. The van der Waals surface area contributed by atoms with E-state index in [-0.39, 0.29) is 11.9 Å². The van der Waals surface area contributed by atoms with Crippen LogP contribution >= 0.6 is 11.3 Å². The Labute approximate surface area is 221 Å². The van der Waals surface area contributed by atoms with Gasteiger partial charge in [-0.15, -0.1) is 11.3 Å². The summed E-state index contributed by atoms with van der Waals surface area (Å²) < 4.78 is 5.39. The van der Waals surface area contributed by atoms with Gasteiger partial charge in [-0.1, -0.05) is 63.2 Å². The molecule has 1 N–H and O–H groups in total. The van der Waals surface area contributed by atoms with E-state index in [2.05, 4.69) is 50.4 Å². The highest BCUT2D eigenvalue weighted by atomic mass is 32.1. The molecular weight excluding hydrogens is 480 g/mol. The van der Waals surface area contributed by atoms with Crippen molar-refractivity contribution in [2.45, 2.75) is 52.9 Å². The number of esters is 1. The molecule has 1 aliphatic carbocycles. The third-order valence-corrected chi connectivity index (χ3v) is 8.22. The highest BCUT2D eigenvalue weighted by Crippen LogP contribution is 2.40. The fraction of sp³-hybridized carbons (Fsp3) is 0.323. The van der Waals surface area contributed by atoms with Crippen molar-refractivity contribution in [3.63, 3.8) is 0 Å². The molecule has 190 valence electrons. The van der Waals surface area contributed by atoms with Gasteiger partial charge < -0.3 is 10.1 Å². The number of aromatic nitrogens is 1. The number of anilines is 1. The molecule has 6 heteroatoms. The maximum absolute atomic E-state index is 13.8. The molecule has 1 aliphatic rings. The molecule has 37 heavy (non-hydrogen) atoms. The van der Waals surface area contributed by atoms with Crippen molar-refractivity contribution in [3.8, 4) is 11.3 Å². The zero-order valence-corrected chi connectivity index (χ0v) is 22.6. The number of ether oxygens (including phenoxy) is 1. The molecule has 0 aliphatic heterocycles. The minimum atomic E-state index is -0.365. The van der Waals surface area contributed by atoms with Crippen LogP contribution in [0.1, 0.15) is 76.8 Å². The Bertz CT molecular complexity index is 1470. The summed E-state index contributed by atoms with van der Waals surface area (Å²) in [7, 11) is 0. The quantitative estimate of drug-likeness (QED) is 0.270. The van der Waals surface area contributed by atoms with Crippen molar-refractivity contribution in [1.82, 2.24) is 4.98 Å². The number of pyridine rings is 1. The number of benzene rings is 2. The summed E-state index contributed by atoms with van der Waals surface area (Å²) in [4.78, 5) is 32.7. The summed E-state index contributed by atoms with van der Waals surface area (Å²) in [5.41, 5.74) is 5.78. The smallest absolute Gasteiger partial charge is 0.341 e. The fourth-order valence-corrected chi connectivity index (χ4v) is 6.37. The lowest BCUT2D eigenvalue weighted by molar-refractivity contribution is 0.0526. The Morgan fingerprint density at radius 2 is 1.89 bits per heavy atom. The van der Waals surface area contributed by atoms with Gasteiger partial charge in [-0.25, -0.2) is 9.78 Å². The molecular formula is C31H32N2O3S. The van der Waals surface area contributed by atoms with Crippen molar-refractivity contribution < 1.29 is 14.3 Å². The van der Waals surface area contributed by atoms with Crippen molar-refractivity contribution in [2.24, 2.45) is 5.92 Å². The number of amides is 1. The molecule has 0 fully saturated rings. The minimum absolute atomic E-state index is 0.254. The molecule has 0 radical (unpaired) electrons. The summed E-state index contributed by atoms with van der Waals surface area (Å²) in [6, 6.07) is 17.9. The van der Waals surface area contributed by atoms with E-state index in [1.165, 1.54) is 21.8 Å². The molecule has 2 aromatic carbocycles. The number of fused-ring (bicyclic) bond motifs is 2. The molecule has 2 aromatic heterocycles. The number of hydrogen-bond donors (Lipinski definition) is 1. The molecule has 1 amide bonds. The Balaban J connectivity index is 1.56. The Kier molecular flexibility index (Phi) is 7.11. The van der Waals surface area contributed by atoms with E-state index < -0.39 is 0 Å². The largest absolute Gasteiger partial charge is 0.462 e. The average Bonchev–Trinajstić information content (AvgIpc) is 3.24. The maximum atomic E-state index is 13.8. The van der Waals surface area contributed by atoms with Crippen LogP contribution in [0, 0.1) is 5.92 Å². The predicted molar refractivity (Wildman–Crippen MR) is 151 cm³/mol. The number of para-hydroxylation sites is 1. The van der Waals surface area contributed by atoms with Crippen molar-refractivity contribution in [3.05, 3.63) is 81.7 Å². The molecule has 0 unspecified atom stereocenters. The summed E-state index contributed by atoms with van der Waals surface area (Å²) >= 11 is 1.50. The van der Waals surface area contributed by atoms with Crippen molar-refractivity contribution >= 4 is 39.1 Å². The summed E-state index contributed by atoms with van der Waals surface area (Å²) in [6.07, 6.45) is 2.76. The van der Waals surface area contributed by atoms with Gasteiger partial charge in [0, 0.05) is 15.8 Å². The predicted octanol–water partition coefficient (Wildman–Crippen LogP) is 7.64. The van der Waals surface area contributed by atoms with Crippen LogP contribution in [0.2, 0.25) is 0 Å². The molecule has 0 spiro atoms. The van der Waals surface area contributed by atoms with Crippen LogP contribution < -0.4 is 5.32 Å². The lowest BCUT2D eigenvalue weighted by atomic mass is 9.88. The molecule has 2 heterocycles. The number of rotatable bonds is 6. The summed E-state index contributed by atoms with van der Waals surface area (Å²) in [5.74, 6) is 0.373. The third-order valence-electron chi connectivity index (χ3n) is 7.05. The number of carbonyl (C=O) groups is 2. The first-order valence-electron chi connectivity index (χ1n) is 13.0. The highest BCUT2D eigenvalue weighted by molar-refractivity contribution is 7.17. The van der Waals surface area contributed by atoms with Crippen LogP contribution in [0.3, 0.4) is 0 Å². The van der Waals surface area contributed by atoms with Crippen molar-refractivity contribution in [2.75, 3.05) is 11.9 Å². The lowest BCUT2D eigenvalue weighted by Gasteiger charge is -2.18. The van der Waals surface area contributed by atoms with Gasteiger partial charge in [-0.3, -0.25) is 4.79 Å². The van der Waals surface area contributed by atoms with Crippen LogP contribution in [0.5, 0.6) is 0 Å². The molecule has 1 atom stereocenters. The minimum Gasteiger partial charge on any atom is -0.462 e. The first kappa shape index (κ1) is 25.2. The number of nitrogens with zero attached hydrogens (tertiary/aromatic N) is 1. The second-order valence-corrected chi connectivity index (χ2v) is 11.2. The number of nitrogens with one attached hydrogen (secondary N) is 1. The van der Waals surface area contributed by atoms with Crippen LogP contribution in [0.15, 0.2) is 54.6 Å². The molecule has 0 saturated heterocycles. The van der Waals surface area contributed by atoms with Crippen LogP contribution in [0.25, 0.3) is 22.2 Å². The SMILES string of the molecule is CCOC(=O)c1c(NC(=O)c2cc(-c3ccc(C(C)C)cc3)nc3ccccc23)sc2c1CC[C@H](C)C2. The van der Waals surface area contributed by atoms with Gasteiger partial charge >= 0.3 is 5.97 Å². The highest BCUT2D eigenvalue weighted by Gasteiger charge is 2.29. The first-order valence-corrected chi connectivity index (χ1v) is 13.8.